The fraction of sp³-hybridized carbons (Fsp3) is 0.800. The average Bonchev–Trinajstić information content (AvgIpc) is 2.09. The van der Waals surface area contributed by atoms with Crippen molar-refractivity contribution in [2.24, 2.45) is 0 Å². The maximum Gasteiger partial charge on any atom is 0.148 e. The molecule has 0 aromatic heterocycles. The van der Waals surface area contributed by atoms with Gasteiger partial charge in [-0.3, -0.25) is 0 Å². The Morgan fingerprint density at radius 3 is 2.57 bits per heavy atom. The molecule has 84 valence electrons. The summed E-state index contributed by atoms with van der Waals surface area (Å²) in [6.45, 7) is 6.31. The van der Waals surface area contributed by atoms with Gasteiger partial charge in [0.25, 0.3) is 0 Å². The Morgan fingerprint density at radius 1 is 1.50 bits per heavy atom. The lowest BCUT2D eigenvalue weighted by atomic mass is 10.1. The number of hydrogen-bond acceptors (Lipinski definition) is 3. The monoisotopic (exact) mass is 219 g/mol. The molecule has 0 aromatic rings. The Morgan fingerprint density at radius 2 is 2.14 bits per heavy atom. The predicted octanol–water partition coefficient (Wildman–Crippen LogP) is 1.37. The van der Waals surface area contributed by atoms with Crippen LogP contribution in [0.15, 0.2) is 12.7 Å². The zero-order valence-electron chi connectivity index (χ0n) is 9.12. The Kier molecular flexibility index (Phi) is 6.83. The van der Waals surface area contributed by atoms with Crippen molar-refractivity contribution < 1.29 is 8.42 Å². The summed E-state index contributed by atoms with van der Waals surface area (Å²) >= 11 is 0. The van der Waals surface area contributed by atoms with Gasteiger partial charge in [0.05, 0.1) is 5.75 Å². The minimum Gasteiger partial charge on any atom is -0.313 e. The van der Waals surface area contributed by atoms with E-state index in [0.29, 0.717) is 12.6 Å². The molecule has 4 heteroatoms. The van der Waals surface area contributed by atoms with Crippen molar-refractivity contribution in [3.8, 4) is 0 Å². The van der Waals surface area contributed by atoms with E-state index in [1.165, 1.54) is 6.26 Å². The summed E-state index contributed by atoms with van der Waals surface area (Å²) in [4.78, 5) is 0. The number of nitrogens with one attached hydrogen (secondary N) is 1. The van der Waals surface area contributed by atoms with E-state index >= 15 is 0 Å². The molecule has 1 N–H and O–H groups in total. The van der Waals surface area contributed by atoms with E-state index in [0.717, 1.165) is 19.3 Å². The lowest BCUT2D eigenvalue weighted by molar-refractivity contribution is 0.483. The molecule has 0 heterocycles. The first-order valence-corrected chi connectivity index (χ1v) is 7.07. The summed E-state index contributed by atoms with van der Waals surface area (Å²) in [6, 6.07) is 0.412. The van der Waals surface area contributed by atoms with Gasteiger partial charge in [-0.25, -0.2) is 8.42 Å². The van der Waals surface area contributed by atoms with Gasteiger partial charge >= 0.3 is 0 Å². The van der Waals surface area contributed by atoms with Gasteiger partial charge in [0.1, 0.15) is 9.84 Å². The Balaban J connectivity index is 3.67. The molecule has 0 bridgehead atoms. The van der Waals surface area contributed by atoms with Gasteiger partial charge in [0.15, 0.2) is 0 Å². The SMILES string of the molecule is C=CCCC(CC)NCCS(C)(=O)=O. The zero-order chi connectivity index (χ0) is 11.0. The number of hydrogen-bond donors (Lipinski definition) is 1. The van der Waals surface area contributed by atoms with Crippen LogP contribution < -0.4 is 5.32 Å². The van der Waals surface area contributed by atoms with Crippen LogP contribution in [-0.2, 0) is 9.84 Å². The molecule has 14 heavy (non-hydrogen) atoms. The highest BCUT2D eigenvalue weighted by Crippen LogP contribution is 2.01. The molecule has 0 saturated heterocycles. The van der Waals surface area contributed by atoms with Gasteiger partial charge in [0, 0.05) is 18.8 Å². The number of allylic oxidation sites excluding steroid dienone is 1. The van der Waals surface area contributed by atoms with E-state index in [4.69, 9.17) is 0 Å². The lowest BCUT2D eigenvalue weighted by Crippen LogP contribution is -2.32. The number of sulfone groups is 1. The summed E-state index contributed by atoms with van der Waals surface area (Å²) in [7, 11) is -2.83. The zero-order valence-corrected chi connectivity index (χ0v) is 9.94. The largest absolute Gasteiger partial charge is 0.313 e. The fourth-order valence-corrected chi connectivity index (χ4v) is 1.71. The first kappa shape index (κ1) is 13.7. The molecule has 0 radical (unpaired) electrons. The van der Waals surface area contributed by atoms with Crippen molar-refractivity contribution in [1.82, 2.24) is 5.32 Å². The second kappa shape index (κ2) is 7.01. The molecule has 0 aliphatic heterocycles. The lowest BCUT2D eigenvalue weighted by Gasteiger charge is -2.15. The van der Waals surface area contributed by atoms with Crippen LogP contribution in [-0.4, -0.2) is 33.0 Å². The average molecular weight is 219 g/mol. The summed E-state index contributed by atoms with van der Waals surface area (Å²) in [6.07, 6.45) is 6.19. The van der Waals surface area contributed by atoms with E-state index in [1.807, 2.05) is 6.08 Å². The topological polar surface area (TPSA) is 46.2 Å². The van der Waals surface area contributed by atoms with Crippen molar-refractivity contribution in [2.75, 3.05) is 18.6 Å². The van der Waals surface area contributed by atoms with Gasteiger partial charge in [-0.15, -0.1) is 6.58 Å². The molecule has 0 rings (SSSR count). The Labute approximate surface area is 87.5 Å². The first-order chi connectivity index (χ1) is 6.49. The summed E-state index contributed by atoms with van der Waals surface area (Å²) in [5.74, 6) is 0.220. The van der Waals surface area contributed by atoms with Crippen LogP contribution in [0.3, 0.4) is 0 Å². The van der Waals surface area contributed by atoms with Crippen LogP contribution in [0.5, 0.6) is 0 Å². The van der Waals surface area contributed by atoms with E-state index in [2.05, 4.69) is 18.8 Å². The van der Waals surface area contributed by atoms with Crippen LogP contribution in [0.25, 0.3) is 0 Å². The Bertz CT molecular complexity index is 247. The Hall–Kier alpha value is -0.350. The normalized spacial score (nSPS) is 13.9. The molecule has 0 aromatic carbocycles. The molecule has 3 nitrogen and oxygen atoms in total. The molecular weight excluding hydrogens is 198 g/mol. The summed E-state index contributed by atoms with van der Waals surface area (Å²) in [5.41, 5.74) is 0. The molecule has 1 atom stereocenters. The summed E-state index contributed by atoms with van der Waals surface area (Å²) in [5, 5.41) is 3.23. The second-order valence-electron chi connectivity index (χ2n) is 3.56. The highest BCUT2D eigenvalue weighted by molar-refractivity contribution is 7.90. The maximum absolute atomic E-state index is 10.9. The quantitative estimate of drug-likeness (QED) is 0.627. The van der Waals surface area contributed by atoms with Crippen LogP contribution >= 0.6 is 0 Å². The fourth-order valence-electron chi connectivity index (χ4n) is 1.22. The van der Waals surface area contributed by atoms with Crippen molar-refractivity contribution >= 4 is 9.84 Å². The third-order valence-electron chi connectivity index (χ3n) is 2.12. The van der Waals surface area contributed by atoms with Crippen molar-refractivity contribution in [3.63, 3.8) is 0 Å². The molecule has 0 aliphatic rings. The van der Waals surface area contributed by atoms with E-state index in [9.17, 15) is 8.42 Å². The van der Waals surface area contributed by atoms with Gasteiger partial charge in [-0.05, 0) is 19.3 Å². The molecular formula is C10H21NO2S. The van der Waals surface area contributed by atoms with Crippen LogP contribution in [0, 0.1) is 0 Å². The summed E-state index contributed by atoms with van der Waals surface area (Å²) < 4.78 is 21.7. The molecule has 0 fully saturated rings. The number of rotatable bonds is 8. The van der Waals surface area contributed by atoms with Crippen molar-refractivity contribution in [2.45, 2.75) is 32.2 Å². The molecule has 0 amide bonds. The third kappa shape index (κ3) is 8.26. The van der Waals surface area contributed by atoms with Crippen molar-refractivity contribution in [3.05, 3.63) is 12.7 Å². The second-order valence-corrected chi connectivity index (χ2v) is 5.81. The van der Waals surface area contributed by atoms with E-state index in [-0.39, 0.29) is 5.75 Å². The van der Waals surface area contributed by atoms with Gasteiger partial charge in [-0.2, -0.15) is 0 Å². The minimum atomic E-state index is -2.83. The van der Waals surface area contributed by atoms with Crippen LogP contribution in [0.2, 0.25) is 0 Å². The standard InChI is InChI=1S/C10H21NO2S/c1-4-6-7-10(5-2)11-8-9-14(3,12)13/h4,10-11H,1,5-9H2,2-3H3. The smallest absolute Gasteiger partial charge is 0.148 e. The molecule has 0 aliphatic carbocycles. The predicted molar refractivity (Wildman–Crippen MR) is 61.2 cm³/mol. The minimum absolute atomic E-state index is 0.220. The van der Waals surface area contributed by atoms with Gasteiger partial charge in [-0.1, -0.05) is 13.0 Å². The van der Waals surface area contributed by atoms with Crippen LogP contribution in [0.1, 0.15) is 26.2 Å². The van der Waals surface area contributed by atoms with E-state index < -0.39 is 9.84 Å². The van der Waals surface area contributed by atoms with Gasteiger partial charge in [0.2, 0.25) is 0 Å². The maximum atomic E-state index is 10.9. The van der Waals surface area contributed by atoms with Crippen LogP contribution in [0.4, 0.5) is 0 Å². The molecule has 0 saturated carbocycles. The van der Waals surface area contributed by atoms with Gasteiger partial charge < -0.3 is 5.32 Å². The molecule has 0 spiro atoms. The highest BCUT2D eigenvalue weighted by Gasteiger charge is 2.06. The third-order valence-corrected chi connectivity index (χ3v) is 3.06. The van der Waals surface area contributed by atoms with E-state index in [1.54, 1.807) is 0 Å². The first-order valence-electron chi connectivity index (χ1n) is 5.01. The molecule has 1 unspecified atom stereocenters. The van der Waals surface area contributed by atoms with Crippen molar-refractivity contribution in [1.29, 1.82) is 0 Å². The highest BCUT2D eigenvalue weighted by atomic mass is 32.2.